The molecule has 0 spiro atoms. The van der Waals surface area contributed by atoms with Gasteiger partial charge in [0.05, 0.1) is 0 Å². The van der Waals surface area contributed by atoms with Crippen LogP contribution >= 0.6 is 0 Å². The highest BCUT2D eigenvalue weighted by atomic mass is 32.2. The van der Waals surface area contributed by atoms with Crippen molar-refractivity contribution in [1.29, 1.82) is 0 Å². The molecular formula is C11H15N3O2S. The Bertz CT molecular complexity index is 506. The molecule has 6 heteroatoms. The third kappa shape index (κ3) is 2.48. The van der Waals surface area contributed by atoms with Gasteiger partial charge in [-0.2, -0.15) is 4.31 Å². The first kappa shape index (κ1) is 12.1. The Morgan fingerprint density at radius 2 is 2.24 bits per heavy atom. The van der Waals surface area contributed by atoms with Crippen molar-refractivity contribution >= 4 is 15.8 Å². The van der Waals surface area contributed by atoms with E-state index in [0.29, 0.717) is 12.4 Å². The number of aromatic nitrogens is 1. The molecule has 1 aliphatic rings. The molecule has 0 amide bonds. The molecule has 1 aliphatic carbocycles. The Balaban J connectivity index is 2.33. The van der Waals surface area contributed by atoms with Gasteiger partial charge in [-0.3, -0.25) is 0 Å². The third-order valence-electron chi connectivity index (χ3n) is 2.63. The molecule has 5 nitrogen and oxygen atoms in total. The minimum absolute atomic E-state index is 0.107. The quantitative estimate of drug-likeness (QED) is 0.794. The van der Waals surface area contributed by atoms with E-state index < -0.39 is 10.0 Å². The summed E-state index contributed by atoms with van der Waals surface area (Å²) < 4.78 is 26.1. The second-order valence-corrected chi connectivity index (χ2v) is 5.90. The minimum Gasteiger partial charge on any atom is -0.384 e. The van der Waals surface area contributed by atoms with Gasteiger partial charge in [0.25, 0.3) is 0 Å². The standard InChI is InChI=1S/C11H15N3O2S/c1-2-7-14(9-3-4-9)17(15,16)10-5-6-11(12)13-8-10/h2,5-6,8-9H,1,3-4,7H2,(H2,12,13). The molecule has 0 saturated heterocycles. The van der Waals surface area contributed by atoms with Gasteiger partial charge in [-0.1, -0.05) is 6.08 Å². The van der Waals surface area contributed by atoms with Crippen molar-refractivity contribution in [2.45, 2.75) is 23.8 Å². The first-order chi connectivity index (χ1) is 8.05. The summed E-state index contributed by atoms with van der Waals surface area (Å²) in [7, 11) is -3.47. The Kier molecular flexibility index (Phi) is 3.17. The van der Waals surface area contributed by atoms with Crippen LogP contribution in [0.5, 0.6) is 0 Å². The van der Waals surface area contributed by atoms with Crippen LogP contribution in [0.2, 0.25) is 0 Å². The number of nitrogen functional groups attached to an aromatic ring is 1. The lowest BCUT2D eigenvalue weighted by Crippen LogP contribution is -2.33. The summed E-state index contributed by atoms with van der Waals surface area (Å²) in [4.78, 5) is 3.99. The zero-order valence-corrected chi connectivity index (χ0v) is 10.2. The molecule has 0 aliphatic heterocycles. The fraction of sp³-hybridized carbons (Fsp3) is 0.364. The lowest BCUT2D eigenvalue weighted by Gasteiger charge is -2.19. The molecule has 1 heterocycles. The predicted molar refractivity (Wildman–Crippen MR) is 65.8 cm³/mol. The Hall–Kier alpha value is -1.40. The molecule has 2 rings (SSSR count). The van der Waals surface area contributed by atoms with Gasteiger partial charge in [0.2, 0.25) is 10.0 Å². The SMILES string of the molecule is C=CCN(C1CC1)S(=O)(=O)c1ccc(N)nc1. The first-order valence-electron chi connectivity index (χ1n) is 5.40. The molecule has 0 aromatic carbocycles. The van der Waals surface area contributed by atoms with Crippen LogP contribution in [0.1, 0.15) is 12.8 Å². The molecule has 1 aromatic heterocycles. The second kappa shape index (κ2) is 4.46. The maximum absolute atomic E-state index is 12.3. The average Bonchev–Trinajstić information content (AvgIpc) is 3.10. The maximum Gasteiger partial charge on any atom is 0.245 e. The van der Waals surface area contributed by atoms with E-state index in [1.807, 2.05) is 0 Å². The van der Waals surface area contributed by atoms with E-state index in [1.165, 1.54) is 22.6 Å². The lowest BCUT2D eigenvalue weighted by atomic mass is 10.5. The molecule has 1 saturated carbocycles. The van der Waals surface area contributed by atoms with Crippen molar-refractivity contribution in [1.82, 2.24) is 9.29 Å². The third-order valence-corrected chi connectivity index (χ3v) is 4.53. The van der Waals surface area contributed by atoms with E-state index in [9.17, 15) is 8.42 Å². The number of sulfonamides is 1. The fourth-order valence-electron chi connectivity index (χ4n) is 1.61. The molecule has 0 unspecified atom stereocenters. The topological polar surface area (TPSA) is 76.3 Å². The number of pyridine rings is 1. The number of hydrogen-bond donors (Lipinski definition) is 1. The highest BCUT2D eigenvalue weighted by Gasteiger charge is 2.37. The summed E-state index contributed by atoms with van der Waals surface area (Å²) in [6, 6.07) is 3.08. The minimum atomic E-state index is -3.47. The molecule has 1 fully saturated rings. The van der Waals surface area contributed by atoms with Crippen molar-refractivity contribution in [2.24, 2.45) is 0 Å². The number of rotatable bonds is 5. The molecule has 2 N–H and O–H groups in total. The van der Waals surface area contributed by atoms with E-state index in [0.717, 1.165) is 12.8 Å². The summed E-state index contributed by atoms with van der Waals surface area (Å²) in [5.74, 6) is 0.311. The van der Waals surface area contributed by atoms with Crippen LogP contribution in [0.3, 0.4) is 0 Å². The number of nitrogens with zero attached hydrogens (tertiary/aromatic N) is 2. The summed E-state index contributed by atoms with van der Waals surface area (Å²) in [6.07, 6.45) is 4.72. The number of nitrogens with two attached hydrogens (primary N) is 1. The number of anilines is 1. The van der Waals surface area contributed by atoms with Crippen LogP contribution < -0.4 is 5.73 Å². The smallest absolute Gasteiger partial charge is 0.245 e. The van der Waals surface area contributed by atoms with Crippen molar-refractivity contribution in [3.8, 4) is 0 Å². The summed E-state index contributed by atoms with van der Waals surface area (Å²) in [5, 5.41) is 0. The first-order valence-corrected chi connectivity index (χ1v) is 6.84. The number of hydrogen-bond acceptors (Lipinski definition) is 4. The molecule has 17 heavy (non-hydrogen) atoms. The zero-order chi connectivity index (χ0) is 12.5. The van der Waals surface area contributed by atoms with E-state index in [1.54, 1.807) is 6.08 Å². The fourth-order valence-corrected chi connectivity index (χ4v) is 3.21. The molecule has 1 aromatic rings. The molecule has 92 valence electrons. The highest BCUT2D eigenvalue weighted by molar-refractivity contribution is 7.89. The van der Waals surface area contributed by atoms with Crippen LogP contribution in [0.15, 0.2) is 35.9 Å². The van der Waals surface area contributed by atoms with E-state index in [2.05, 4.69) is 11.6 Å². The summed E-state index contributed by atoms with van der Waals surface area (Å²) >= 11 is 0. The molecule has 0 radical (unpaired) electrons. The Labute approximate surface area is 101 Å². The largest absolute Gasteiger partial charge is 0.384 e. The highest BCUT2D eigenvalue weighted by Crippen LogP contribution is 2.31. The molecule has 0 atom stereocenters. The van der Waals surface area contributed by atoms with Crippen LogP contribution in [0, 0.1) is 0 Å². The average molecular weight is 253 g/mol. The second-order valence-electron chi connectivity index (χ2n) is 4.01. The van der Waals surface area contributed by atoms with E-state index >= 15 is 0 Å². The van der Waals surface area contributed by atoms with Crippen LogP contribution in [-0.4, -0.2) is 30.3 Å². The summed E-state index contributed by atoms with van der Waals surface area (Å²) in [5.41, 5.74) is 5.44. The van der Waals surface area contributed by atoms with Gasteiger partial charge in [0.15, 0.2) is 0 Å². The van der Waals surface area contributed by atoms with Gasteiger partial charge in [0, 0.05) is 18.8 Å². The van der Waals surface area contributed by atoms with Crippen molar-refractivity contribution < 1.29 is 8.42 Å². The van der Waals surface area contributed by atoms with Crippen LogP contribution in [-0.2, 0) is 10.0 Å². The monoisotopic (exact) mass is 253 g/mol. The van der Waals surface area contributed by atoms with Gasteiger partial charge >= 0.3 is 0 Å². The van der Waals surface area contributed by atoms with Crippen LogP contribution in [0.4, 0.5) is 5.82 Å². The van der Waals surface area contributed by atoms with Gasteiger partial charge in [-0.05, 0) is 25.0 Å². The van der Waals surface area contributed by atoms with Crippen LogP contribution in [0.25, 0.3) is 0 Å². The maximum atomic E-state index is 12.3. The van der Waals surface area contributed by atoms with Gasteiger partial charge in [-0.25, -0.2) is 13.4 Å². The normalized spacial score (nSPS) is 16.1. The van der Waals surface area contributed by atoms with Gasteiger partial charge in [-0.15, -0.1) is 6.58 Å². The van der Waals surface area contributed by atoms with Crippen molar-refractivity contribution in [2.75, 3.05) is 12.3 Å². The van der Waals surface area contributed by atoms with Crippen molar-refractivity contribution in [3.05, 3.63) is 31.0 Å². The Morgan fingerprint density at radius 3 is 2.71 bits per heavy atom. The van der Waals surface area contributed by atoms with E-state index in [-0.39, 0.29) is 10.9 Å². The lowest BCUT2D eigenvalue weighted by molar-refractivity contribution is 0.435. The zero-order valence-electron chi connectivity index (χ0n) is 9.41. The Morgan fingerprint density at radius 1 is 1.53 bits per heavy atom. The predicted octanol–water partition coefficient (Wildman–Crippen LogP) is 1.00. The molecule has 0 bridgehead atoms. The van der Waals surface area contributed by atoms with Crippen molar-refractivity contribution in [3.63, 3.8) is 0 Å². The van der Waals surface area contributed by atoms with Gasteiger partial charge < -0.3 is 5.73 Å². The van der Waals surface area contributed by atoms with E-state index in [4.69, 9.17) is 5.73 Å². The van der Waals surface area contributed by atoms with Gasteiger partial charge in [0.1, 0.15) is 10.7 Å². The molecular weight excluding hydrogens is 238 g/mol. The summed E-state index contributed by atoms with van der Waals surface area (Å²) in [6.45, 7) is 3.92.